The number of β-amino-alcohol motifs (C(OH)–C–C–N with tert-alkyl or cyclic N) is 1. The maximum atomic E-state index is 13.0. The van der Waals surface area contributed by atoms with E-state index >= 15 is 0 Å². The van der Waals surface area contributed by atoms with E-state index in [2.05, 4.69) is 15.5 Å². The first-order chi connectivity index (χ1) is 13.3. The van der Waals surface area contributed by atoms with Gasteiger partial charge in [-0.2, -0.15) is 9.40 Å². The number of hydrogen-bond acceptors (Lipinski definition) is 5. The van der Waals surface area contributed by atoms with Crippen molar-refractivity contribution in [3.63, 3.8) is 0 Å². The lowest BCUT2D eigenvalue weighted by Crippen LogP contribution is -2.43. The molecule has 9 heteroatoms. The van der Waals surface area contributed by atoms with Crippen LogP contribution < -0.4 is 5.32 Å². The Bertz CT molecular complexity index is 1120. The van der Waals surface area contributed by atoms with Crippen molar-refractivity contribution in [1.29, 1.82) is 0 Å². The summed E-state index contributed by atoms with van der Waals surface area (Å²) in [6, 6.07) is 10.7. The van der Waals surface area contributed by atoms with Gasteiger partial charge in [0.2, 0.25) is 15.9 Å². The zero-order valence-corrected chi connectivity index (χ0v) is 16.0. The van der Waals surface area contributed by atoms with Crippen LogP contribution in [-0.2, 0) is 14.8 Å². The number of sulfonamides is 1. The van der Waals surface area contributed by atoms with Gasteiger partial charge in [0.05, 0.1) is 22.7 Å². The van der Waals surface area contributed by atoms with Crippen LogP contribution in [0.1, 0.15) is 12.0 Å². The lowest BCUT2D eigenvalue weighted by atomic mass is 10.2. The quantitative estimate of drug-likeness (QED) is 0.616. The highest BCUT2D eigenvalue weighted by Gasteiger charge is 2.43. The zero-order chi connectivity index (χ0) is 19.9. The fourth-order valence-corrected chi connectivity index (χ4v) is 5.02. The first-order valence-corrected chi connectivity index (χ1v) is 10.3. The summed E-state index contributed by atoms with van der Waals surface area (Å²) in [6.07, 6.45) is 0.788. The third-order valence-corrected chi connectivity index (χ3v) is 6.76. The summed E-state index contributed by atoms with van der Waals surface area (Å²) in [5.41, 5.74) is 2.30. The summed E-state index contributed by atoms with van der Waals surface area (Å²) in [5, 5.41) is 20.4. The molecule has 28 heavy (non-hydrogen) atoms. The first-order valence-electron chi connectivity index (χ1n) is 8.85. The maximum absolute atomic E-state index is 13.0. The molecule has 0 saturated carbocycles. The summed E-state index contributed by atoms with van der Waals surface area (Å²) in [5.74, 6) is -0.477. The van der Waals surface area contributed by atoms with E-state index in [1.165, 1.54) is 12.1 Å². The van der Waals surface area contributed by atoms with Gasteiger partial charge in [-0.25, -0.2) is 8.42 Å². The molecule has 1 aliphatic heterocycles. The number of aryl methyl sites for hydroxylation is 1. The Morgan fingerprint density at radius 2 is 2.00 bits per heavy atom. The second-order valence-electron chi connectivity index (χ2n) is 6.95. The van der Waals surface area contributed by atoms with Crippen LogP contribution in [0.2, 0.25) is 0 Å². The van der Waals surface area contributed by atoms with Crippen LogP contribution in [0.15, 0.2) is 53.6 Å². The van der Waals surface area contributed by atoms with Crippen LogP contribution in [0, 0.1) is 6.92 Å². The predicted octanol–water partition coefficient (Wildman–Crippen LogP) is 1.63. The number of amides is 1. The number of nitrogens with zero attached hydrogens (tertiary/aromatic N) is 2. The SMILES string of the molecule is Cc1ccc(S(=O)(=O)N2C[C@H](O)C[C@H]2C(=O)Nc2ccc3[nH]ncc3c2)cc1. The molecule has 3 aromatic rings. The molecule has 2 heterocycles. The molecule has 1 amide bonds. The lowest BCUT2D eigenvalue weighted by Gasteiger charge is -2.23. The molecular weight excluding hydrogens is 380 g/mol. The number of hydrogen-bond donors (Lipinski definition) is 3. The normalized spacial score (nSPS) is 20.5. The van der Waals surface area contributed by atoms with Gasteiger partial charge in [0.1, 0.15) is 6.04 Å². The third-order valence-electron chi connectivity index (χ3n) is 4.87. The van der Waals surface area contributed by atoms with E-state index in [0.29, 0.717) is 5.69 Å². The number of aromatic amines is 1. The smallest absolute Gasteiger partial charge is 0.243 e. The molecule has 8 nitrogen and oxygen atoms in total. The number of carbonyl (C=O) groups is 1. The lowest BCUT2D eigenvalue weighted by molar-refractivity contribution is -0.119. The van der Waals surface area contributed by atoms with E-state index < -0.39 is 28.1 Å². The Hall–Kier alpha value is -2.75. The first kappa shape index (κ1) is 18.6. The van der Waals surface area contributed by atoms with Crippen molar-refractivity contribution >= 4 is 32.5 Å². The highest BCUT2D eigenvalue weighted by atomic mass is 32.2. The fraction of sp³-hybridized carbons (Fsp3) is 0.263. The number of carbonyl (C=O) groups excluding carboxylic acids is 1. The van der Waals surface area contributed by atoms with Crippen LogP contribution in [0.3, 0.4) is 0 Å². The molecular formula is C19H20N4O4S. The van der Waals surface area contributed by atoms with Crippen molar-refractivity contribution in [1.82, 2.24) is 14.5 Å². The van der Waals surface area contributed by atoms with Crippen molar-refractivity contribution in [2.75, 3.05) is 11.9 Å². The average Bonchev–Trinajstić information content (AvgIpc) is 3.28. The second-order valence-corrected chi connectivity index (χ2v) is 8.84. The third kappa shape index (κ3) is 3.39. The van der Waals surface area contributed by atoms with E-state index in [4.69, 9.17) is 0 Å². The molecule has 2 aromatic carbocycles. The predicted molar refractivity (Wildman–Crippen MR) is 104 cm³/mol. The van der Waals surface area contributed by atoms with Gasteiger partial charge in [-0.15, -0.1) is 0 Å². The molecule has 0 spiro atoms. The van der Waals surface area contributed by atoms with E-state index in [1.54, 1.807) is 36.5 Å². The van der Waals surface area contributed by atoms with E-state index in [-0.39, 0.29) is 17.9 Å². The fourth-order valence-electron chi connectivity index (χ4n) is 3.38. The van der Waals surface area contributed by atoms with Crippen LogP contribution in [-0.4, -0.2) is 52.6 Å². The number of aliphatic hydroxyl groups is 1. The van der Waals surface area contributed by atoms with Crippen molar-refractivity contribution in [3.8, 4) is 0 Å². The molecule has 0 aliphatic carbocycles. The summed E-state index contributed by atoms with van der Waals surface area (Å²) in [7, 11) is -3.90. The van der Waals surface area contributed by atoms with Crippen molar-refractivity contribution in [2.24, 2.45) is 0 Å². The molecule has 3 N–H and O–H groups in total. The summed E-state index contributed by atoms with van der Waals surface area (Å²) >= 11 is 0. The van der Waals surface area contributed by atoms with Crippen LogP contribution in [0.5, 0.6) is 0 Å². The van der Waals surface area contributed by atoms with E-state index in [1.807, 2.05) is 6.92 Å². The van der Waals surface area contributed by atoms with Gasteiger partial charge in [0.25, 0.3) is 0 Å². The zero-order valence-electron chi connectivity index (χ0n) is 15.2. The second kappa shape index (κ2) is 7.01. The van der Waals surface area contributed by atoms with Crippen LogP contribution in [0.4, 0.5) is 5.69 Å². The Balaban J connectivity index is 1.59. The maximum Gasteiger partial charge on any atom is 0.243 e. The highest BCUT2D eigenvalue weighted by molar-refractivity contribution is 7.89. The topological polar surface area (TPSA) is 115 Å². The molecule has 1 saturated heterocycles. The molecule has 146 valence electrons. The number of nitrogens with one attached hydrogen (secondary N) is 2. The summed E-state index contributed by atoms with van der Waals surface area (Å²) in [6.45, 7) is 1.75. The Labute approximate surface area is 162 Å². The minimum Gasteiger partial charge on any atom is -0.392 e. The Kier molecular flexibility index (Phi) is 4.66. The Morgan fingerprint density at radius 3 is 2.75 bits per heavy atom. The largest absolute Gasteiger partial charge is 0.392 e. The molecule has 1 aliphatic rings. The Morgan fingerprint density at radius 1 is 1.25 bits per heavy atom. The molecule has 0 bridgehead atoms. The molecule has 1 aromatic heterocycles. The van der Waals surface area contributed by atoms with Gasteiger partial charge in [-0.1, -0.05) is 17.7 Å². The van der Waals surface area contributed by atoms with Crippen LogP contribution >= 0.6 is 0 Å². The van der Waals surface area contributed by atoms with Crippen molar-refractivity contribution < 1.29 is 18.3 Å². The summed E-state index contributed by atoms with van der Waals surface area (Å²) < 4.78 is 27.1. The number of aliphatic hydroxyl groups excluding tert-OH is 1. The molecule has 0 radical (unpaired) electrons. The number of aromatic nitrogens is 2. The minimum atomic E-state index is -3.90. The molecule has 4 rings (SSSR count). The van der Waals surface area contributed by atoms with Gasteiger partial charge in [0, 0.05) is 24.0 Å². The van der Waals surface area contributed by atoms with Gasteiger partial charge in [-0.05, 0) is 37.3 Å². The van der Waals surface area contributed by atoms with E-state index in [9.17, 15) is 18.3 Å². The highest BCUT2D eigenvalue weighted by Crippen LogP contribution is 2.28. The molecule has 0 unspecified atom stereocenters. The molecule has 2 atom stereocenters. The van der Waals surface area contributed by atoms with E-state index in [0.717, 1.165) is 20.8 Å². The van der Waals surface area contributed by atoms with Gasteiger partial charge >= 0.3 is 0 Å². The van der Waals surface area contributed by atoms with Crippen molar-refractivity contribution in [3.05, 3.63) is 54.2 Å². The number of benzene rings is 2. The van der Waals surface area contributed by atoms with Gasteiger partial charge in [-0.3, -0.25) is 9.89 Å². The summed E-state index contributed by atoms with van der Waals surface area (Å²) in [4.78, 5) is 12.9. The monoisotopic (exact) mass is 400 g/mol. The minimum absolute atomic E-state index is 0.0465. The molecule has 1 fully saturated rings. The number of H-pyrrole nitrogens is 1. The number of anilines is 1. The van der Waals surface area contributed by atoms with Gasteiger partial charge in [0.15, 0.2) is 0 Å². The van der Waals surface area contributed by atoms with Crippen LogP contribution in [0.25, 0.3) is 10.9 Å². The number of fused-ring (bicyclic) bond motifs is 1. The van der Waals surface area contributed by atoms with Crippen molar-refractivity contribution in [2.45, 2.75) is 30.4 Å². The number of rotatable bonds is 4. The van der Waals surface area contributed by atoms with Gasteiger partial charge < -0.3 is 10.4 Å². The average molecular weight is 400 g/mol. The standard InChI is InChI=1S/C19H20N4O4S/c1-12-2-5-16(6-3-12)28(26,27)23-11-15(24)9-18(23)19(25)21-14-4-7-17-13(8-14)10-20-22-17/h2-8,10,15,18,24H,9,11H2,1H3,(H,20,22)(H,21,25)/t15-,18+/m1/s1.